The first-order chi connectivity index (χ1) is 28.8. The number of anilines is 3. The van der Waals surface area contributed by atoms with Gasteiger partial charge in [0.1, 0.15) is 11.2 Å². The maximum Gasteiger partial charge on any atom is 0.135 e. The molecular formula is C56H35NO. The Kier molecular flexibility index (Phi) is 7.26. The molecule has 12 rings (SSSR count). The van der Waals surface area contributed by atoms with Gasteiger partial charge in [-0.2, -0.15) is 0 Å². The molecule has 11 aromatic carbocycles. The highest BCUT2D eigenvalue weighted by Gasteiger charge is 2.21. The molecule has 0 unspecified atom stereocenters. The van der Waals surface area contributed by atoms with E-state index in [-0.39, 0.29) is 0 Å². The molecule has 0 amide bonds. The highest BCUT2D eigenvalue weighted by Crippen LogP contribution is 2.47. The molecule has 2 nitrogen and oxygen atoms in total. The van der Waals surface area contributed by atoms with E-state index in [9.17, 15) is 0 Å². The zero-order chi connectivity index (χ0) is 38.2. The second-order valence-electron chi connectivity index (χ2n) is 15.2. The maximum atomic E-state index is 6.27. The van der Waals surface area contributed by atoms with Gasteiger partial charge in [0.15, 0.2) is 0 Å². The van der Waals surface area contributed by atoms with Crippen molar-refractivity contribution in [2.24, 2.45) is 0 Å². The summed E-state index contributed by atoms with van der Waals surface area (Å²) in [6.45, 7) is 0. The molecule has 0 spiro atoms. The van der Waals surface area contributed by atoms with Gasteiger partial charge in [0.2, 0.25) is 0 Å². The van der Waals surface area contributed by atoms with E-state index in [4.69, 9.17) is 4.42 Å². The molecule has 0 aliphatic heterocycles. The first-order valence-corrected chi connectivity index (χ1v) is 19.9. The summed E-state index contributed by atoms with van der Waals surface area (Å²) >= 11 is 0. The van der Waals surface area contributed by atoms with Crippen LogP contribution in [0.1, 0.15) is 0 Å². The third kappa shape index (κ3) is 5.05. The molecule has 1 heterocycles. The fourth-order valence-electron chi connectivity index (χ4n) is 9.36. The van der Waals surface area contributed by atoms with Gasteiger partial charge in [0.05, 0.1) is 11.4 Å². The fourth-order valence-corrected chi connectivity index (χ4v) is 9.36. The van der Waals surface area contributed by atoms with Gasteiger partial charge in [-0.25, -0.2) is 0 Å². The number of para-hydroxylation sites is 1. The number of hydrogen-bond acceptors (Lipinski definition) is 2. The highest BCUT2D eigenvalue weighted by atomic mass is 16.3. The quantitative estimate of drug-likeness (QED) is 0.164. The maximum absolute atomic E-state index is 6.27. The summed E-state index contributed by atoms with van der Waals surface area (Å²) in [5.41, 5.74) is 10.1. The van der Waals surface area contributed by atoms with Crippen LogP contribution in [0.25, 0.3) is 98.1 Å². The molecule has 0 atom stereocenters. The van der Waals surface area contributed by atoms with Crippen molar-refractivity contribution >= 4 is 92.9 Å². The largest absolute Gasteiger partial charge is 0.456 e. The van der Waals surface area contributed by atoms with E-state index < -0.39 is 0 Å². The van der Waals surface area contributed by atoms with E-state index in [0.717, 1.165) is 39.0 Å². The van der Waals surface area contributed by atoms with Crippen molar-refractivity contribution in [3.8, 4) is 22.3 Å². The molecule has 0 N–H and O–H groups in total. The monoisotopic (exact) mass is 737 g/mol. The molecule has 0 saturated carbocycles. The van der Waals surface area contributed by atoms with Gasteiger partial charge in [-0.1, -0.05) is 158 Å². The minimum Gasteiger partial charge on any atom is -0.456 e. The average Bonchev–Trinajstić information content (AvgIpc) is 3.66. The van der Waals surface area contributed by atoms with Crippen LogP contribution in [0.2, 0.25) is 0 Å². The Morgan fingerprint density at radius 1 is 0.276 bits per heavy atom. The lowest BCUT2D eigenvalue weighted by Gasteiger charge is -2.28. The summed E-state index contributed by atoms with van der Waals surface area (Å²) in [6.07, 6.45) is 0. The van der Waals surface area contributed by atoms with Crippen LogP contribution in [0.5, 0.6) is 0 Å². The average molecular weight is 738 g/mol. The molecule has 0 saturated heterocycles. The van der Waals surface area contributed by atoms with Crippen molar-refractivity contribution in [2.45, 2.75) is 0 Å². The lowest BCUT2D eigenvalue weighted by Crippen LogP contribution is -2.11. The van der Waals surface area contributed by atoms with Crippen LogP contribution in [-0.2, 0) is 0 Å². The lowest BCUT2D eigenvalue weighted by molar-refractivity contribution is 0.669. The summed E-state index contributed by atoms with van der Waals surface area (Å²) in [5, 5.41) is 14.5. The third-order valence-electron chi connectivity index (χ3n) is 12.0. The van der Waals surface area contributed by atoms with Gasteiger partial charge < -0.3 is 9.32 Å². The Hall–Kier alpha value is -7.68. The molecule has 0 radical (unpaired) electrons. The topological polar surface area (TPSA) is 16.4 Å². The number of nitrogens with zero attached hydrogens (tertiary/aromatic N) is 1. The van der Waals surface area contributed by atoms with Crippen molar-refractivity contribution in [1.29, 1.82) is 0 Å². The number of furan rings is 1. The normalized spacial score (nSPS) is 11.8. The summed E-state index contributed by atoms with van der Waals surface area (Å²) < 4.78 is 6.27. The molecule has 0 bridgehead atoms. The van der Waals surface area contributed by atoms with Gasteiger partial charge >= 0.3 is 0 Å². The highest BCUT2D eigenvalue weighted by molar-refractivity contribution is 6.24. The molecule has 12 aromatic rings. The minimum absolute atomic E-state index is 0.904. The minimum atomic E-state index is 0.904. The zero-order valence-electron chi connectivity index (χ0n) is 31.6. The smallest absolute Gasteiger partial charge is 0.135 e. The first kappa shape index (κ1) is 32.6. The molecule has 270 valence electrons. The van der Waals surface area contributed by atoms with Crippen LogP contribution in [0.4, 0.5) is 17.1 Å². The van der Waals surface area contributed by atoms with Gasteiger partial charge in [0, 0.05) is 27.2 Å². The molecule has 58 heavy (non-hydrogen) atoms. The van der Waals surface area contributed by atoms with Crippen LogP contribution in [0.3, 0.4) is 0 Å². The summed E-state index contributed by atoms with van der Waals surface area (Å²) in [4.78, 5) is 2.43. The van der Waals surface area contributed by atoms with Crippen molar-refractivity contribution in [3.05, 3.63) is 212 Å². The van der Waals surface area contributed by atoms with Gasteiger partial charge in [0.25, 0.3) is 0 Å². The fraction of sp³-hybridized carbons (Fsp3) is 0. The molecular weight excluding hydrogens is 703 g/mol. The molecule has 0 aliphatic rings. The Morgan fingerprint density at radius 3 is 1.33 bits per heavy atom. The van der Waals surface area contributed by atoms with E-state index in [0.29, 0.717) is 0 Å². The van der Waals surface area contributed by atoms with Gasteiger partial charge in [-0.05, 0) is 120 Å². The number of rotatable bonds is 5. The van der Waals surface area contributed by atoms with E-state index in [1.807, 2.05) is 6.07 Å². The van der Waals surface area contributed by atoms with Crippen LogP contribution in [0, 0.1) is 0 Å². The number of hydrogen-bond donors (Lipinski definition) is 0. The SMILES string of the molecule is c1ccc2cc3c(-c4ccc5oc6ccccc6c5c4)c4ccccc4c(-c4ccc(N(c5cccc6ccccc56)c5cccc6ccccc56)cc4)c3cc2c1. The van der Waals surface area contributed by atoms with Gasteiger partial charge in [-0.15, -0.1) is 0 Å². The van der Waals surface area contributed by atoms with Crippen molar-refractivity contribution < 1.29 is 4.42 Å². The molecule has 0 aliphatic carbocycles. The predicted molar refractivity (Wildman–Crippen MR) is 247 cm³/mol. The summed E-state index contributed by atoms with van der Waals surface area (Å²) in [6, 6.07) is 77.3. The predicted octanol–water partition coefficient (Wildman–Crippen LogP) is 16.2. The Balaban J connectivity index is 1.10. The summed E-state index contributed by atoms with van der Waals surface area (Å²) in [7, 11) is 0. The van der Waals surface area contributed by atoms with Crippen LogP contribution >= 0.6 is 0 Å². The van der Waals surface area contributed by atoms with E-state index in [1.165, 1.54) is 76.1 Å². The Bertz CT molecular complexity index is 3490. The molecule has 1 aromatic heterocycles. The Morgan fingerprint density at radius 2 is 0.724 bits per heavy atom. The second kappa shape index (κ2) is 12.9. The standard InChI is InChI=1S/C56H35NO/c1-2-16-40-34-50-49(33-39(40)15-1)55(46-22-7-8-23-47(46)56(50)41-29-32-54-48(35-41)45-21-9-10-26-53(45)58-54)38-27-30-42(31-28-38)57(51-24-11-17-36-13-3-5-19-43(36)51)52-25-12-18-37-14-4-6-20-44(37)52/h1-35H. The number of fused-ring (bicyclic) bond motifs is 8. The van der Waals surface area contributed by atoms with E-state index >= 15 is 0 Å². The molecule has 2 heteroatoms. The van der Waals surface area contributed by atoms with Crippen molar-refractivity contribution in [2.75, 3.05) is 4.90 Å². The molecule has 0 fully saturated rings. The van der Waals surface area contributed by atoms with Crippen molar-refractivity contribution in [1.82, 2.24) is 0 Å². The van der Waals surface area contributed by atoms with Gasteiger partial charge in [-0.3, -0.25) is 0 Å². The van der Waals surface area contributed by atoms with Crippen LogP contribution in [-0.4, -0.2) is 0 Å². The van der Waals surface area contributed by atoms with Crippen LogP contribution < -0.4 is 4.90 Å². The van der Waals surface area contributed by atoms with Crippen LogP contribution in [0.15, 0.2) is 217 Å². The van der Waals surface area contributed by atoms with E-state index in [2.05, 4.69) is 211 Å². The first-order valence-electron chi connectivity index (χ1n) is 19.9. The third-order valence-corrected chi connectivity index (χ3v) is 12.0. The Labute approximate surface area is 335 Å². The van der Waals surface area contributed by atoms with Crippen molar-refractivity contribution in [3.63, 3.8) is 0 Å². The number of benzene rings is 11. The second-order valence-corrected chi connectivity index (χ2v) is 15.2. The zero-order valence-corrected chi connectivity index (χ0v) is 31.6. The van der Waals surface area contributed by atoms with E-state index in [1.54, 1.807) is 0 Å². The lowest BCUT2D eigenvalue weighted by atomic mass is 9.84. The summed E-state index contributed by atoms with van der Waals surface area (Å²) in [5.74, 6) is 0.